The average molecular weight is 960 g/mol. The number of methoxy groups -OCH3 is 2. The van der Waals surface area contributed by atoms with Gasteiger partial charge in [0.1, 0.15) is 11.5 Å². The van der Waals surface area contributed by atoms with Gasteiger partial charge in [-0.15, -0.1) is 0 Å². The Balaban J connectivity index is 0.000000222. The van der Waals surface area contributed by atoms with Crippen LogP contribution in [0.2, 0.25) is 10.0 Å². The highest BCUT2D eigenvalue weighted by Crippen LogP contribution is 2.42. The van der Waals surface area contributed by atoms with Gasteiger partial charge >= 0.3 is 0 Å². The van der Waals surface area contributed by atoms with Crippen LogP contribution in [0.4, 0.5) is 0 Å². The number of aromatic nitrogens is 2. The van der Waals surface area contributed by atoms with Crippen molar-refractivity contribution in [2.75, 3.05) is 66.7 Å². The smallest absolute Gasteiger partial charge is 0.119 e. The summed E-state index contributed by atoms with van der Waals surface area (Å²) in [7, 11) is 3.24. The molecule has 2 aliphatic heterocycles. The molecule has 0 aliphatic carbocycles. The minimum atomic E-state index is -0.723. The number of pyridine rings is 2. The fraction of sp³-hybridized carbons (Fsp3) is 0.564. The molecule has 12 heteroatoms. The van der Waals surface area contributed by atoms with Gasteiger partial charge in [0.2, 0.25) is 0 Å². The van der Waals surface area contributed by atoms with E-state index in [0.29, 0.717) is 45.5 Å². The fourth-order valence-corrected chi connectivity index (χ4v) is 10.7. The molecule has 2 unspecified atom stereocenters. The molecule has 0 bridgehead atoms. The number of likely N-dealkylation sites (tertiary alicyclic amines) is 2. The molecule has 7 rings (SSSR count). The van der Waals surface area contributed by atoms with Crippen molar-refractivity contribution in [3.63, 3.8) is 0 Å². The summed E-state index contributed by atoms with van der Waals surface area (Å²) >= 11 is 12.9. The molecule has 0 amide bonds. The van der Waals surface area contributed by atoms with Gasteiger partial charge in [0.15, 0.2) is 0 Å². The monoisotopic (exact) mass is 959 g/mol. The Morgan fingerprint density at radius 2 is 1.06 bits per heavy atom. The highest BCUT2D eigenvalue weighted by atomic mass is 35.5. The number of piperidine rings is 2. The molecule has 2 aromatic heterocycles. The maximum absolute atomic E-state index is 11.1. The lowest BCUT2D eigenvalue weighted by Crippen LogP contribution is -2.42. The Labute approximate surface area is 409 Å². The Bertz CT molecular complexity index is 2250. The van der Waals surface area contributed by atoms with Crippen molar-refractivity contribution >= 4 is 45.0 Å². The zero-order chi connectivity index (χ0) is 47.7. The molecule has 4 heterocycles. The summed E-state index contributed by atoms with van der Waals surface area (Å²) in [6, 6.07) is 21.9. The number of rotatable bonds is 23. The van der Waals surface area contributed by atoms with Crippen LogP contribution in [0, 0.1) is 10.8 Å². The number of ether oxygens (including phenoxy) is 2. The molecule has 2 aliphatic rings. The minimum absolute atomic E-state index is 0.118. The van der Waals surface area contributed by atoms with Crippen LogP contribution in [0.5, 0.6) is 11.5 Å². The Morgan fingerprint density at radius 1 is 0.612 bits per heavy atom. The fourth-order valence-electron chi connectivity index (χ4n) is 10.2. The lowest BCUT2D eigenvalue weighted by atomic mass is 9.74. The Hall–Kier alpha value is -3.58. The number of fused-ring (bicyclic) bond motifs is 2. The third-order valence-electron chi connectivity index (χ3n) is 14.8. The van der Waals surface area contributed by atoms with Gasteiger partial charge in [0.25, 0.3) is 0 Å². The number of hydrogen-bond donors (Lipinski definition) is 4. The first-order valence-corrected chi connectivity index (χ1v) is 25.6. The van der Waals surface area contributed by atoms with E-state index in [9.17, 15) is 20.4 Å². The van der Waals surface area contributed by atoms with Crippen LogP contribution in [0.15, 0.2) is 79.1 Å². The van der Waals surface area contributed by atoms with Crippen LogP contribution in [0.25, 0.3) is 21.8 Å². The summed E-state index contributed by atoms with van der Waals surface area (Å²) in [4.78, 5) is 13.8. The van der Waals surface area contributed by atoms with E-state index in [-0.39, 0.29) is 24.0 Å². The predicted octanol–water partition coefficient (Wildman–Crippen LogP) is 11.6. The number of aryl methyl sites for hydroxylation is 1. The SMILES string of the molecule is CCCCCCCN1CCC(CO)(CCC(O)c2c(Cl)cnc3ccc(OC)cc23)CC1.COc1ccc2ncc(Cl)c(C(O)CCC3(CO)CCN(CCCCc4ccccc4)CC3)c2c1. The number of nitrogens with zero attached hydrogens (tertiary/aromatic N) is 4. The van der Waals surface area contributed by atoms with Crippen LogP contribution in [0.3, 0.4) is 0 Å². The molecule has 2 atom stereocenters. The van der Waals surface area contributed by atoms with Gasteiger partial charge < -0.3 is 39.7 Å². The topological polar surface area (TPSA) is 132 Å². The van der Waals surface area contributed by atoms with E-state index in [2.05, 4.69) is 57.0 Å². The second-order valence-corrected chi connectivity index (χ2v) is 20.1. The molecule has 366 valence electrons. The molecule has 0 radical (unpaired) electrons. The number of hydrogen-bond acceptors (Lipinski definition) is 10. The largest absolute Gasteiger partial charge is 0.497 e. The average Bonchev–Trinajstić information content (AvgIpc) is 3.37. The van der Waals surface area contributed by atoms with E-state index in [0.717, 1.165) is 106 Å². The first-order chi connectivity index (χ1) is 32.5. The first-order valence-electron chi connectivity index (χ1n) is 24.9. The number of halogens is 2. The molecule has 4 N–H and O–H groups in total. The summed E-state index contributed by atoms with van der Waals surface area (Å²) < 4.78 is 10.7. The van der Waals surface area contributed by atoms with Gasteiger partial charge in [-0.3, -0.25) is 9.97 Å². The predicted molar refractivity (Wildman–Crippen MR) is 274 cm³/mol. The van der Waals surface area contributed by atoms with Gasteiger partial charge in [0, 0.05) is 47.5 Å². The molecule has 0 spiro atoms. The molecule has 67 heavy (non-hydrogen) atoms. The maximum atomic E-state index is 11.1. The highest BCUT2D eigenvalue weighted by Gasteiger charge is 2.36. The standard InChI is InChI=1S/C29H37ClN2O3.C26H39ClN2O3/c1-35-23-10-11-26-24(19-23)28(25(30)20-31-26)27(34)12-13-29(21-33)14-17-32(18-15-29)16-6-5-9-22-7-3-2-4-8-22;1-3-4-5-6-7-14-29-15-12-26(19-30,13-16-29)11-10-24(31)25-21-17-20(32-2)8-9-23(21)28-18-22(25)27/h2-4,7-8,10-11,19-20,27,33-34H,5-6,9,12-18,21H2,1H3;8-9,17-18,24,30-31H,3-7,10-16,19H2,1-2H3. The number of unbranched alkanes of at least 4 members (excludes halogenated alkanes) is 5. The zero-order valence-electron chi connectivity index (χ0n) is 40.3. The number of aliphatic hydroxyl groups excluding tert-OH is 4. The number of aliphatic hydroxyl groups is 4. The Kier molecular flexibility index (Phi) is 20.8. The second-order valence-electron chi connectivity index (χ2n) is 19.3. The molecule has 5 aromatic rings. The number of benzene rings is 3. The first kappa shape index (κ1) is 52.8. The summed E-state index contributed by atoms with van der Waals surface area (Å²) in [6.45, 7) is 8.89. The van der Waals surface area contributed by atoms with E-state index >= 15 is 0 Å². The summed E-state index contributed by atoms with van der Waals surface area (Å²) in [6.07, 6.45) is 18.3. The Morgan fingerprint density at radius 3 is 1.49 bits per heavy atom. The van der Waals surface area contributed by atoms with Gasteiger partial charge in [-0.25, -0.2) is 0 Å². The van der Waals surface area contributed by atoms with E-state index in [1.807, 2.05) is 36.4 Å². The third kappa shape index (κ3) is 14.7. The van der Waals surface area contributed by atoms with E-state index in [1.165, 1.54) is 50.5 Å². The minimum Gasteiger partial charge on any atom is -0.497 e. The lowest BCUT2D eigenvalue weighted by Gasteiger charge is -2.41. The van der Waals surface area contributed by atoms with Crippen molar-refractivity contribution in [3.8, 4) is 11.5 Å². The van der Waals surface area contributed by atoms with E-state index in [1.54, 1.807) is 26.6 Å². The van der Waals surface area contributed by atoms with Crippen molar-refractivity contribution < 1.29 is 29.9 Å². The van der Waals surface area contributed by atoms with Crippen molar-refractivity contribution in [1.82, 2.24) is 19.8 Å². The molecule has 10 nitrogen and oxygen atoms in total. The maximum Gasteiger partial charge on any atom is 0.119 e. The summed E-state index contributed by atoms with van der Waals surface area (Å²) in [5.41, 5.74) is 4.11. The second kappa shape index (κ2) is 26.4. The zero-order valence-corrected chi connectivity index (χ0v) is 41.8. The summed E-state index contributed by atoms with van der Waals surface area (Å²) in [5.74, 6) is 1.42. The van der Waals surface area contributed by atoms with Crippen LogP contribution < -0.4 is 9.47 Å². The molecule has 2 saturated heterocycles. The van der Waals surface area contributed by atoms with Crippen molar-refractivity contribution in [3.05, 3.63) is 106 Å². The third-order valence-corrected chi connectivity index (χ3v) is 15.4. The quantitative estimate of drug-likeness (QED) is 0.0469. The van der Waals surface area contributed by atoms with Gasteiger partial charge in [-0.05, 0) is 169 Å². The summed E-state index contributed by atoms with van der Waals surface area (Å²) in [5, 5.41) is 45.3. The van der Waals surface area contributed by atoms with Crippen molar-refractivity contribution in [2.24, 2.45) is 10.8 Å². The molecule has 0 saturated carbocycles. The van der Waals surface area contributed by atoms with E-state index in [4.69, 9.17) is 32.7 Å². The van der Waals surface area contributed by atoms with E-state index < -0.39 is 12.2 Å². The van der Waals surface area contributed by atoms with Crippen molar-refractivity contribution in [2.45, 2.75) is 122 Å². The normalized spacial score (nSPS) is 17.2. The van der Waals surface area contributed by atoms with Gasteiger partial charge in [-0.1, -0.05) is 86.1 Å². The molecular formula is C55H76Cl2N4O6. The van der Waals surface area contributed by atoms with Gasteiger partial charge in [-0.2, -0.15) is 0 Å². The molecular weight excluding hydrogens is 884 g/mol. The van der Waals surface area contributed by atoms with Gasteiger partial charge in [0.05, 0.1) is 47.5 Å². The highest BCUT2D eigenvalue weighted by molar-refractivity contribution is 6.32. The molecule has 2 fully saturated rings. The van der Waals surface area contributed by atoms with Crippen LogP contribution in [-0.2, 0) is 6.42 Å². The molecule has 3 aromatic carbocycles. The van der Waals surface area contributed by atoms with Crippen LogP contribution >= 0.6 is 23.2 Å². The van der Waals surface area contributed by atoms with Crippen LogP contribution in [0.1, 0.15) is 132 Å². The van der Waals surface area contributed by atoms with Crippen LogP contribution in [-0.4, -0.2) is 107 Å². The lowest BCUT2D eigenvalue weighted by molar-refractivity contribution is 0.0232. The van der Waals surface area contributed by atoms with Crippen molar-refractivity contribution in [1.29, 1.82) is 0 Å².